The average molecular weight is 428 g/mol. The predicted octanol–water partition coefficient (Wildman–Crippen LogP) is 2.29. The number of carbonyl (C=O) groups is 2. The third kappa shape index (κ3) is 6.46. The molecule has 0 aromatic heterocycles. The van der Waals surface area contributed by atoms with Crippen molar-refractivity contribution in [3.63, 3.8) is 0 Å². The smallest absolute Gasteiger partial charge is 0.262 e. The number of ether oxygens (including phenoxy) is 3. The van der Waals surface area contributed by atoms with E-state index in [4.69, 9.17) is 14.2 Å². The fourth-order valence-electron chi connectivity index (χ4n) is 3.76. The topological polar surface area (TPSA) is 101 Å². The van der Waals surface area contributed by atoms with E-state index in [1.54, 1.807) is 23.1 Å². The van der Waals surface area contributed by atoms with Crippen LogP contribution in [0.4, 0.5) is 0 Å². The number of methoxy groups -OCH3 is 1. The van der Waals surface area contributed by atoms with E-state index < -0.39 is 0 Å². The molecule has 2 fully saturated rings. The summed E-state index contributed by atoms with van der Waals surface area (Å²) >= 11 is 0. The Bertz CT molecular complexity index is 849. The molecule has 1 aliphatic carbocycles. The van der Waals surface area contributed by atoms with Gasteiger partial charge in [-0.2, -0.15) is 5.26 Å². The molecule has 31 heavy (non-hydrogen) atoms. The van der Waals surface area contributed by atoms with Crippen LogP contribution < -0.4 is 14.8 Å². The summed E-state index contributed by atoms with van der Waals surface area (Å²) in [4.78, 5) is 26.5. The van der Waals surface area contributed by atoms with Crippen LogP contribution in [0, 0.1) is 11.3 Å². The second kappa shape index (κ2) is 11.4. The van der Waals surface area contributed by atoms with Gasteiger partial charge in [0, 0.05) is 19.1 Å². The van der Waals surface area contributed by atoms with Crippen LogP contribution in [0.1, 0.15) is 37.7 Å². The van der Waals surface area contributed by atoms with Crippen molar-refractivity contribution in [3.05, 3.63) is 29.3 Å². The standard InChI is InChI=1S/C23H29N3O5/c1-29-21-14-17(13-18(15-24)23(28)25-19-5-3-2-4-6-19)7-8-20(21)31-16-22(27)26-9-11-30-12-10-26/h7-8,13-14,19H,2-6,9-12,16H2,1H3,(H,25,28). The molecule has 1 aliphatic heterocycles. The molecule has 8 heteroatoms. The van der Waals surface area contributed by atoms with Gasteiger partial charge in [-0.1, -0.05) is 25.3 Å². The minimum atomic E-state index is -0.357. The SMILES string of the molecule is COc1cc(C=C(C#N)C(=O)NC2CCCCC2)ccc1OCC(=O)N1CCOCC1. The number of benzene rings is 1. The fourth-order valence-corrected chi connectivity index (χ4v) is 3.76. The first-order chi connectivity index (χ1) is 15.1. The maximum absolute atomic E-state index is 12.5. The lowest BCUT2D eigenvalue weighted by atomic mass is 9.95. The first kappa shape index (κ1) is 22.6. The van der Waals surface area contributed by atoms with Gasteiger partial charge in [-0.05, 0) is 36.6 Å². The highest BCUT2D eigenvalue weighted by molar-refractivity contribution is 6.01. The van der Waals surface area contributed by atoms with E-state index in [-0.39, 0.29) is 30.0 Å². The quantitative estimate of drug-likeness (QED) is 0.529. The molecule has 3 rings (SSSR count). The molecular weight excluding hydrogens is 398 g/mol. The molecule has 0 atom stereocenters. The van der Waals surface area contributed by atoms with Crippen LogP contribution in [-0.2, 0) is 14.3 Å². The zero-order valence-electron chi connectivity index (χ0n) is 17.9. The van der Waals surface area contributed by atoms with Gasteiger partial charge >= 0.3 is 0 Å². The third-order valence-corrected chi connectivity index (χ3v) is 5.52. The van der Waals surface area contributed by atoms with Crippen LogP contribution >= 0.6 is 0 Å². The number of carbonyl (C=O) groups excluding carboxylic acids is 2. The second-order valence-corrected chi connectivity index (χ2v) is 7.67. The molecule has 0 unspecified atom stereocenters. The molecule has 1 aromatic rings. The van der Waals surface area contributed by atoms with Gasteiger partial charge < -0.3 is 24.4 Å². The van der Waals surface area contributed by atoms with Crippen molar-refractivity contribution in [3.8, 4) is 17.6 Å². The van der Waals surface area contributed by atoms with Crippen molar-refractivity contribution < 1.29 is 23.8 Å². The van der Waals surface area contributed by atoms with Gasteiger partial charge in [0.05, 0.1) is 20.3 Å². The Balaban J connectivity index is 1.64. The number of hydrogen-bond donors (Lipinski definition) is 1. The van der Waals surface area contributed by atoms with Crippen molar-refractivity contribution in [1.82, 2.24) is 10.2 Å². The Kier molecular flexibility index (Phi) is 8.30. The van der Waals surface area contributed by atoms with Crippen molar-refractivity contribution in [2.75, 3.05) is 40.0 Å². The molecule has 1 aromatic carbocycles. The van der Waals surface area contributed by atoms with E-state index in [2.05, 4.69) is 5.32 Å². The zero-order chi connectivity index (χ0) is 22.1. The number of morpholine rings is 1. The van der Waals surface area contributed by atoms with E-state index in [1.165, 1.54) is 19.6 Å². The summed E-state index contributed by atoms with van der Waals surface area (Å²) in [5.41, 5.74) is 0.683. The summed E-state index contributed by atoms with van der Waals surface area (Å²) in [7, 11) is 1.50. The highest BCUT2D eigenvalue weighted by Crippen LogP contribution is 2.29. The van der Waals surface area contributed by atoms with Crippen molar-refractivity contribution >= 4 is 17.9 Å². The van der Waals surface area contributed by atoms with Gasteiger partial charge in [-0.25, -0.2) is 0 Å². The summed E-state index contributed by atoms with van der Waals surface area (Å²) in [6.45, 7) is 2.09. The Labute approximate surface area is 182 Å². The maximum atomic E-state index is 12.5. The molecule has 1 N–H and O–H groups in total. The van der Waals surface area contributed by atoms with Crippen LogP contribution in [0.3, 0.4) is 0 Å². The summed E-state index contributed by atoms with van der Waals surface area (Å²) < 4.78 is 16.3. The number of hydrogen-bond acceptors (Lipinski definition) is 6. The summed E-state index contributed by atoms with van der Waals surface area (Å²) in [5, 5.41) is 12.4. The number of rotatable bonds is 7. The fraction of sp³-hybridized carbons (Fsp3) is 0.522. The highest BCUT2D eigenvalue weighted by Gasteiger charge is 2.19. The minimum Gasteiger partial charge on any atom is -0.493 e. The summed E-state index contributed by atoms with van der Waals surface area (Å²) in [5.74, 6) is 0.380. The van der Waals surface area contributed by atoms with Crippen LogP contribution in [0.5, 0.6) is 11.5 Å². The normalized spacial score (nSPS) is 17.5. The molecule has 1 heterocycles. The molecule has 0 radical (unpaired) electrons. The Morgan fingerprint density at radius 3 is 2.65 bits per heavy atom. The van der Waals surface area contributed by atoms with Gasteiger partial charge in [-0.15, -0.1) is 0 Å². The second-order valence-electron chi connectivity index (χ2n) is 7.67. The van der Waals surface area contributed by atoms with Crippen LogP contribution in [-0.4, -0.2) is 62.8 Å². The van der Waals surface area contributed by atoms with Crippen molar-refractivity contribution in [2.24, 2.45) is 0 Å². The van der Waals surface area contributed by atoms with Gasteiger partial charge in [0.25, 0.3) is 11.8 Å². The lowest BCUT2D eigenvalue weighted by molar-refractivity contribution is -0.137. The average Bonchev–Trinajstić information content (AvgIpc) is 2.82. The third-order valence-electron chi connectivity index (χ3n) is 5.52. The molecule has 1 saturated carbocycles. The molecule has 0 bridgehead atoms. The highest BCUT2D eigenvalue weighted by atomic mass is 16.5. The number of amides is 2. The van der Waals surface area contributed by atoms with Gasteiger partial charge in [0.2, 0.25) is 0 Å². The zero-order valence-corrected chi connectivity index (χ0v) is 17.9. The number of nitrogens with zero attached hydrogens (tertiary/aromatic N) is 2. The van der Waals surface area contributed by atoms with Crippen molar-refractivity contribution in [2.45, 2.75) is 38.1 Å². The van der Waals surface area contributed by atoms with E-state index in [1.807, 2.05) is 6.07 Å². The number of nitrogens with one attached hydrogen (secondary N) is 1. The van der Waals surface area contributed by atoms with E-state index in [0.29, 0.717) is 43.4 Å². The van der Waals surface area contributed by atoms with Crippen molar-refractivity contribution in [1.29, 1.82) is 5.26 Å². The van der Waals surface area contributed by atoms with E-state index >= 15 is 0 Å². The van der Waals surface area contributed by atoms with Crippen LogP contribution in [0.25, 0.3) is 6.08 Å². The first-order valence-corrected chi connectivity index (χ1v) is 10.7. The maximum Gasteiger partial charge on any atom is 0.262 e. The Morgan fingerprint density at radius 2 is 1.97 bits per heavy atom. The van der Waals surface area contributed by atoms with Crippen LogP contribution in [0.2, 0.25) is 0 Å². The van der Waals surface area contributed by atoms with E-state index in [9.17, 15) is 14.9 Å². The molecule has 0 spiro atoms. The summed E-state index contributed by atoms with van der Waals surface area (Å²) in [6, 6.07) is 7.19. The Hall–Kier alpha value is -3.05. The minimum absolute atomic E-state index is 0.0452. The van der Waals surface area contributed by atoms with Gasteiger partial charge in [0.1, 0.15) is 11.6 Å². The first-order valence-electron chi connectivity index (χ1n) is 10.7. The van der Waals surface area contributed by atoms with Crippen LogP contribution in [0.15, 0.2) is 23.8 Å². The Morgan fingerprint density at radius 1 is 1.23 bits per heavy atom. The molecule has 2 amide bonds. The largest absolute Gasteiger partial charge is 0.493 e. The number of nitriles is 1. The molecule has 2 aliphatic rings. The van der Waals surface area contributed by atoms with E-state index in [0.717, 1.165) is 25.7 Å². The molecule has 8 nitrogen and oxygen atoms in total. The summed E-state index contributed by atoms with van der Waals surface area (Å²) in [6.07, 6.45) is 6.83. The molecule has 1 saturated heterocycles. The predicted molar refractivity (Wildman–Crippen MR) is 114 cm³/mol. The molecule has 166 valence electrons. The lowest BCUT2D eigenvalue weighted by Crippen LogP contribution is -2.43. The lowest BCUT2D eigenvalue weighted by Gasteiger charge is -2.26. The van der Waals surface area contributed by atoms with Gasteiger partial charge in [-0.3, -0.25) is 9.59 Å². The monoisotopic (exact) mass is 427 g/mol. The van der Waals surface area contributed by atoms with Gasteiger partial charge in [0.15, 0.2) is 18.1 Å². The molecular formula is C23H29N3O5.